The Labute approximate surface area is 206 Å². The van der Waals surface area contributed by atoms with Crippen molar-refractivity contribution in [3.05, 3.63) is 59.7 Å². The van der Waals surface area contributed by atoms with Gasteiger partial charge in [0.15, 0.2) is 0 Å². The Hall–Kier alpha value is -3.90. The van der Waals surface area contributed by atoms with Gasteiger partial charge in [0.25, 0.3) is 0 Å². The zero-order chi connectivity index (χ0) is 25.9. The van der Waals surface area contributed by atoms with Gasteiger partial charge in [-0.15, -0.1) is 20.4 Å². The number of rotatable bonds is 14. The summed E-state index contributed by atoms with van der Waals surface area (Å²) in [5.74, 6) is -1.41. The maximum absolute atomic E-state index is 12.7. The number of aliphatic carboxylic acids is 2. The molecule has 3 rings (SSSR count). The molecular formula is C24H26F2N6O4. The van der Waals surface area contributed by atoms with Gasteiger partial charge in [-0.3, -0.25) is 19.4 Å². The third-order valence-corrected chi connectivity index (χ3v) is 5.23. The summed E-state index contributed by atoms with van der Waals surface area (Å²) in [4.78, 5) is 24.9. The van der Waals surface area contributed by atoms with Crippen molar-refractivity contribution in [2.75, 3.05) is 39.5 Å². The van der Waals surface area contributed by atoms with E-state index in [0.29, 0.717) is 35.9 Å². The summed E-state index contributed by atoms with van der Waals surface area (Å²) in [7, 11) is 0. The first-order chi connectivity index (χ1) is 17.4. The molecule has 0 atom stereocenters. The lowest BCUT2D eigenvalue weighted by Crippen LogP contribution is -2.31. The van der Waals surface area contributed by atoms with Crippen LogP contribution < -0.4 is 0 Å². The number of aromatic nitrogens is 4. The van der Waals surface area contributed by atoms with E-state index in [1.807, 2.05) is 0 Å². The Morgan fingerprint density at radius 3 is 1.25 bits per heavy atom. The first kappa shape index (κ1) is 26.7. The van der Waals surface area contributed by atoms with Gasteiger partial charge >= 0.3 is 11.9 Å². The summed E-state index contributed by atoms with van der Waals surface area (Å²) in [6.45, 7) is -1.10. The fourth-order valence-electron chi connectivity index (χ4n) is 3.54. The molecule has 0 aliphatic heterocycles. The molecule has 0 saturated carbocycles. The summed E-state index contributed by atoms with van der Waals surface area (Å²) >= 11 is 0. The zero-order valence-electron chi connectivity index (χ0n) is 19.4. The van der Waals surface area contributed by atoms with Gasteiger partial charge in [-0.1, -0.05) is 48.5 Å². The molecule has 12 heteroatoms. The van der Waals surface area contributed by atoms with Crippen LogP contribution in [-0.4, -0.2) is 91.9 Å². The molecule has 0 fully saturated rings. The van der Waals surface area contributed by atoms with Crippen molar-refractivity contribution in [3.63, 3.8) is 0 Å². The Morgan fingerprint density at radius 1 is 0.639 bits per heavy atom. The lowest BCUT2D eigenvalue weighted by molar-refractivity contribution is -0.139. The Bertz CT molecular complexity index is 1040. The van der Waals surface area contributed by atoms with E-state index >= 15 is 0 Å². The van der Waals surface area contributed by atoms with Crippen LogP contribution in [0, 0.1) is 0 Å². The number of carboxylic acids is 2. The van der Waals surface area contributed by atoms with Crippen LogP contribution in [0.3, 0.4) is 0 Å². The highest BCUT2D eigenvalue weighted by atomic mass is 19.1. The van der Waals surface area contributed by atoms with Crippen LogP contribution in [0.15, 0.2) is 48.5 Å². The number of alkyl halides is 2. The molecule has 190 valence electrons. The predicted molar refractivity (Wildman–Crippen MR) is 126 cm³/mol. The van der Waals surface area contributed by atoms with Crippen molar-refractivity contribution in [2.45, 2.75) is 13.1 Å². The summed E-state index contributed by atoms with van der Waals surface area (Å²) in [5.41, 5.74) is 2.98. The van der Waals surface area contributed by atoms with E-state index < -0.39 is 25.3 Å². The number of benzene rings is 2. The first-order valence-electron chi connectivity index (χ1n) is 11.1. The second kappa shape index (κ2) is 13.3. The largest absolute Gasteiger partial charge is 0.480 e. The van der Waals surface area contributed by atoms with Gasteiger partial charge in [-0.2, -0.15) is 0 Å². The third kappa shape index (κ3) is 8.10. The molecule has 0 amide bonds. The lowest BCUT2D eigenvalue weighted by atomic mass is 10.1. The summed E-state index contributed by atoms with van der Waals surface area (Å²) in [6.07, 6.45) is 0. The van der Waals surface area contributed by atoms with Crippen molar-refractivity contribution < 1.29 is 28.6 Å². The zero-order valence-corrected chi connectivity index (χ0v) is 19.4. The molecule has 0 bridgehead atoms. The first-order valence-corrected chi connectivity index (χ1v) is 11.1. The fourth-order valence-corrected chi connectivity index (χ4v) is 3.54. The summed E-state index contributed by atoms with van der Waals surface area (Å²) in [5, 5.41) is 34.5. The van der Waals surface area contributed by atoms with Crippen LogP contribution in [0.1, 0.15) is 11.1 Å². The van der Waals surface area contributed by atoms with E-state index in [9.17, 15) is 18.4 Å². The van der Waals surface area contributed by atoms with Crippen LogP contribution >= 0.6 is 0 Å². The van der Waals surface area contributed by atoms with Crippen LogP contribution in [0.5, 0.6) is 0 Å². The van der Waals surface area contributed by atoms with Crippen molar-refractivity contribution in [3.8, 4) is 22.8 Å². The van der Waals surface area contributed by atoms with E-state index in [1.54, 1.807) is 48.5 Å². The number of hydrogen-bond acceptors (Lipinski definition) is 8. The minimum Gasteiger partial charge on any atom is -0.480 e. The van der Waals surface area contributed by atoms with E-state index in [-0.39, 0.29) is 26.2 Å². The molecule has 3 aromatic rings. The molecule has 0 aliphatic carbocycles. The molecule has 36 heavy (non-hydrogen) atoms. The Morgan fingerprint density at radius 2 is 0.972 bits per heavy atom. The van der Waals surface area contributed by atoms with Crippen molar-refractivity contribution in [2.24, 2.45) is 0 Å². The summed E-state index contributed by atoms with van der Waals surface area (Å²) in [6, 6.07) is 14.2. The van der Waals surface area contributed by atoms with Crippen molar-refractivity contribution in [1.29, 1.82) is 0 Å². The van der Waals surface area contributed by atoms with Gasteiger partial charge < -0.3 is 10.2 Å². The molecule has 0 saturated heterocycles. The molecule has 1 aromatic heterocycles. The summed E-state index contributed by atoms with van der Waals surface area (Å²) < 4.78 is 25.4. The number of nitrogens with zero attached hydrogens (tertiary/aromatic N) is 6. The van der Waals surface area contributed by atoms with E-state index in [2.05, 4.69) is 20.4 Å². The fraction of sp³-hybridized carbons (Fsp3) is 0.333. The Kier molecular flexibility index (Phi) is 9.83. The minimum atomic E-state index is -1.02. The standard InChI is InChI=1S/C24H26F2N6O4/c25-9-11-31(15-21(33)34)13-17-1-5-19(6-2-17)23-27-29-24(30-28-23)20-7-3-18(4-8-20)14-32(12-10-26)16-22(35)36/h1-8H,9-16H2,(H,33,34)(H,35,36)/i25-1. The molecule has 0 spiro atoms. The SMILES string of the molecule is O=C(O)CN(CCF)Cc1ccc(-c2nnc(-c3ccc(CN(CC[18F])CC(=O)O)cc3)nn2)cc1. The molecule has 1 heterocycles. The molecule has 2 N–H and O–H groups in total. The average Bonchev–Trinajstić information content (AvgIpc) is 2.85. The van der Waals surface area contributed by atoms with E-state index in [1.165, 1.54) is 9.80 Å². The molecule has 2 aromatic carbocycles. The molecule has 0 unspecified atom stereocenters. The maximum Gasteiger partial charge on any atom is 0.317 e. The second-order valence-corrected chi connectivity index (χ2v) is 8.03. The Balaban J connectivity index is 1.64. The van der Waals surface area contributed by atoms with Crippen LogP contribution in [-0.2, 0) is 22.7 Å². The highest BCUT2D eigenvalue weighted by Crippen LogP contribution is 2.19. The average molecular weight is 500 g/mol. The maximum atomic E-state index is 12.7. The van der Waals surface area contributed by atoms with Crippen molar-refractivity contribution in [1.82, 2.24) is 30.2 Å². The van der Waals surface area contributed by atoms with Gasteiger partial charge in [0.1, 0.15) is 13.3 Å². The topological polar surface area (TPSA) is 133 Å². The van der Waals surface area contributed by atoms with Crippen LogP contribution in [0.2, 0.25) is 0 Å². The van der Waals surface area contributed by atoms with E-state index in [0.717, 1.165) is 11.1 Å². The van der Waals surface area contributed by atoms with Crippen molar-refractivity contribution >= 4 is 11.9 Å². The molecule has 0 radical (unpaired) electrons. The minimum absolute atomic E-state index is 0.0334. The molecule has 10 nitrogen and oxygen atoms in total. The second-order valence-electron chi connectivity index (χ2n) is 8.03. The predicted octanol–water partition coefficient (Wildman–Crippen LogP) is 2.31. The van der Waals surface area contributed by atoms with Crippen LogP contribution in [0.25, 0.3) is 22.8 Å². The van der Waals surface area contributed by atoms with Gasteiger partial charge in [0.2, 0.25) is 11.6 Å². The van der Waals surface area contributed by atoms with Gasteiger partial charge in [0, 0.05) is 37.3 Å². The van der Waals surface area contributed by atoms with Gasteiger partial charge in [-0.25, -0.2) is 8.78 Å². The molecular weight excluding hydrogens is 473 g/mol. The molecule has 0 aliphatic rings. The third-order valence-electron chi connectivity index (χ3n) is 5.23. The quantitative estimate of drug-likeness (QED) is 0.340. The number of halogens is 2. The van der Waals surface area contributed by atoms with E-state index in [4.69, 9.17) is 10.2 Å². The number of carbonyl (C=O) groups is 2. The number of carboxylic acid groups (broad SMARTS) is 2. The number of hydrogen-bond donors (Lipinski definition) is 2. The highest BCUT2D eigenvalue weighted by Gasteiger charge is 2.13. The monoisotopic (exact) mass is 499 g/mol. The highest BCUT2D eigenvalue weighted by molar-refractivity contribution is 5.69. The van der Waals surface area contributed by atoms with Gasteiger partial charge in [-0.05, 0) is 11.1 Å². The smallest absolute Gasteiger partial charge is 0.317 e. The lowest BCUT2D eigenvalue weighted by Gasteiger charge is -2.18. The normalized spacial score (nSPS) is 11.2. The van der Waals surface area contributed by atoms with Gasteiger partial charge in [0.05, 0.1) is 13.1 Å². The van der Waals surface area contributed by atoms with Crippen LogP contribution in [0.4, 0.5) is 8.78 Å².